The first-order valence-corrected chi connectivity index (χ1v) is 8.54. The fraction of sp³-hybridized carbons (Fsp3) is 0.833. The van der Waals surface area contributed by atoms with Crippen molar-refractivity contribution >= 4 is 19.9 Å². The van der Waals surface area contributed by atoms with E-state index in [2.05, 4.69) is 9.26 Å². The predicted octanol–water partition coefficient (Wildman–Crippen LogP) is 1.24. The lowest BCUT2D eigenvalue weighted by Crippen LogP contribution is -2.47. The number of hydrogen-bond acceptors (Lipinski definition) is 6. The largest absolute Gasteiger partial charge is 0.472 e. The average Bonchev–Trinajstić information content (AvgIpc) is 2.43. The molecular formula is C12H22NO8P. The van der Waals surface area contributed by atoms with E-state index in [1.165, 1.54) is 4.90 Å². The van der Waals surface area contributed by atoms with Crippen LogP contribution in [0.1, 0.15) is 33.1 Å². The molecule has 1 atom stereocenters. The molecular weight excluding hydrogens is 317 g/mol. The molecule has 1 unspecified atom stereocenters. The summed E-state index contributed by atoms with van der Waals surface area (Å²) in [5.74, 6) is -0.593. The molecule has 0 radical (unpaired) electrons. The summed E-state index contributed by atoms with van der Waals surface area (Å²) in [7, 11) is -4.68. The summed E-state index contributed by atoms with van der Waals surface area (Å²) >= 11 is 0. The maximum Gasteiger partial charge on any atom is 0.472 e. The van der Waals surface area contributed by atoms with Crippen LogP contribution in [-0.4, -0.2) is 52.7 Å². The average molecular weight is 339 g/mol. The van der Waals surface area contributed by atoms with Gasteiger partial charge in [0, 0.05) is 6.54 Å². The summed E-state index contributed by atoms with van der Waals surface area (Å²) < 4.78 is 24.4. The number of phosphoric ester groups is 1. The Labute approximate surface area is 128 Å². The number of esters is 1. The van der Waals surface area contributed by atoms with Gasteiger partial charge in [-0.3, -0.25) is 4.79 Å². The van der Waals surface area contributed by atoms with Gasteiger partial charge >= 0.3 is 19.9 Å². The molecule has 1 fully saturated rings. The minimum atomic E-state index is -4.68. The lowest BCUT2D eigenvalue weighted by Gasteiger charge is -2.34. The van der Waals surface area contributed by atoms with Crippen molar-refractivity contribution in [2.24, 2.45) is 5.92 Å². The molecule has 1 saturated heterocycles. The molecule has 1 rings (SSSR count). The minimum Gasteiger partial charge on any atom is -0.463 e. The van der Waals surface area contributed by atoms with Gasteiger partial charge in [-0.1, -0.05) is 13.8 Å². The van der Waals surface area contributed by atoms with Crippen LogP contribution in [0.3, 0.4) is 0 Å². The molecule has 0 saturated carbocycles. The summed E-state index contributed by atoms with van der Waals surface area (Å²) in [6.45, 7) is 3.10. The number of amides is 1. The van der Waals surface area contributed by atoms with Crippen LogP contribution in [0.15, 0.2) is 0 Å². The molecule has 0 aromatic heterocycles. The number of piperidine rings is 1. The molecule has 0 aromatic carbocycles. The van der Waals surface area contributed by atoms with E-state index < -0.39 is 20.7 Å². The standard InChI is InChI=1S/C12H22NO8P/c1-9(2)11(14)19-7-10-5-3-4-6-13(10)12(15)20-8-21-22(16,17)18/h9-10H,3-8H2,1-2H3,(H2,16,17,18). The molecule has 0 bridgehead atoms. The van der Waals surface area contributed by atoms with E-state index in [4.69, 9.17) is 14.5 Å². The Morgan fingerprint density at radius 2 is 1.95 bits per heavy atom. The normalized spacial score (nSPS) is 19.1. The van der Waals surface area contributed by atoms with E-state index in [1.807, 2.05) is 0 Å². The highest BCUT2D eigenvalue weighted by molar-refractivity contribution is 7.46. The molecule has 10 heteroatoms. The van der Waals surface area contributed by atoms with Gasteiger partial charge in [-0.25, -0.2) is 13.9 Å². The van der Waals surface area contributed by atoms with Crippen LogP contribution >= 0.6 is 7.82 Å². The Kier molecular flexibility index (Phi) is 7.28. The van der Waals surface area contributed by atoms with Gasteiger partial charge in [0.05, 0.1) is 12.0 Å². The van der Waals surface area contributed by atoms with Crippen LogP contribution in [0.4, 0.5) is 4.79 Å². The van der Waals surface area contributed by atoms with E-state index >= 15 is 0 Å². The number of nitrogens with zero attached hydrogens (tertiary/aromatic N) is 1. The Morgan fingerprint density at radius 1 is 1.27 bits per heavy atom. The van der Waals surface area contributed by atoms with Crippen LogP contribution in [0.2, 0.25) is 0 Å². The Morgan fingerprint density at radius 3 is 2.55 bits per heavy atom. The molecule has 128 valence electrons. The number of carbonyl (C=O) groups is 2. The summed E-state index contributed by atoms with van der Waals surface area (Å²) in [4.78, 5) is 41.8. The van der Waals surface area contributed by atoms with E-state index in [-0.39, 0.29) is 24.5 Å². The van der Waals surface area contributed by atoms with Gasteiger partial charge in [-0.2, -0.15) is 0 Å². The zero-order chi connectivity index (χ0) is 16.8. The number of rotatable bonds is 6. The van der Waals surface area contributed by atoms with Gasteiger partial charge in [0.2, 0.25) is 6.79 Å². The predicted molar refractivity (Wildman–Crippen MR) is 74.6 cm³/mol. The highest BCUT2D eigenvalue weighted by atomic mass is 31.2. The Hall–Kier alpha value is -1.15. The van der Waals surface area contributed by atoms with Crippen LogP contribution in [-0.2, 0) is 23.4 Å². The van der Waals surface area contributed by atoms with Crippen molar-refractivity contribution < 1.29 is 37.9 Å². The van der Waals surface area contributed by atoms with Gasteiger partial charge in [0.15, 0.2) is 0 Å². The van der Waals surface area contributed by atoms with E-state index in [0.29, 0.717) is 13.0 Å². The highest BCUT2D eigenvalue weighted by Gasteiger charge is 2.29. The number of ether oxygens (including phenoxy) is 2. The number of hydrogen-bond donors (Lipinski definition) is 2. The second kappa shape index (κ2) is 8.47. The van der Waals surface area contributed by atoms with Gasteiger partial charge in [-0.15, -0.1) is 0 Å². The fourth-order valence-electron chi connectivity index (χ4n) is 1.99. The van der Waals surface area contributed by atoms with E-state index in [1.54, 1.807) is 13.8 Å². The molecule has 1 aliphatic heterocycles. The van der Waals surface area contributed by atoms with Crippen LogP contribution in [0.25, 0.3) is 0 Å². The van der Waals surface area contributed by atoms with Gasteiger partial charge in [0.1, 0.15) is 6.61 Å². The van der Waals surface area contributed by atoms with E-state index in [0.717, 1.165) is 12.8 Å². The van der Waals surface area contributed by atoms with Crippen molar-refractivity contribution in [3.63, 3.8) is 0 Å². The molecule has 9 nitrogen and oxygen atoms in total. The van der Waals surface area contributed by atoms with Crippen LogP contribution in [0, 0.1) is 5.92 Å². The molecule has 22 heavy (non-hydrogen) atoms. The number of phosphoric acid groups is 1. The first-order valence-electron chi connectivity index (χ1n) is 7.01. The zero-order valence-electron chi connectivity index (χ0n) is 12.6. The number of carbonyl (C=O) groups excluding carboxylic acids is 2. The van der Waals surface area contributed by atoms with Crippen molar-refractivity contribution in [2.45, 2.75) is 39.2 Å². The quantitative estimate of drug-likeness (QED) is 0.421. The second-order valence-electron chi connectivity index (χ2n) is 5.28. The topological polar surface area (TPSA) is 123 Å². The maximum absolute atomic E-state index is 11.9. The van der Waals surface area contributed by atoms with Gasteiger partial charge in [-0.05, 0) is 19.3 Å². The second-order valence-corrected chi connectivity index (χ2v) is 6.51. The summed E-state index contributed by atoms with van der Waals surface area (Å²) in [6, 6.07) is -0.306. The van der Waals surface area contributed by atoms with Gasteiger partial charge < -0.3 is 24.2 Å². The van der Waals surface area contributed by atoms with Crippen molar-refractivity contribution in [3.8, 4) is 0 Å². The van der Waals surface area contributed by atoms with Crippen molar-refractivity contribution in [3.05, 3.63) is 0 Å². The molecule has 2 N–H and O–H groups in total. The summed E-state index contributed by atoms with van der Waals surface area (Å²) in [5, 5.41) is 0. The summed E-state index contributed by atoms with van der Waals surface area (Å²) in [5.41, 5.74) is 0. The van der Waals surface area contributed by atoms with Gasteiger partial charge in [0.25, 0.3) is 0 Å². The molecule has 1 amide bonds. The molecule has 1 heterocycles. The molecule has 0 spiro atoms. The number of likely N-dealkylation sites (tertiary alicyclic amines) is 1. The molecule has 0 aliphatic carbocycles. The Bertz CT molecular complexity index is 435. The lowest BCUT2D eigenvalue weighted by molar-refractivity contribution is -0.149. The lowest BCUT2D eigenvalue weighted by atomic mass is 10.0. The van der Waals surface area contributed by atoms with Crippen molar-refractivity contribution in [1.29, 1.82) is 0 Å². The third-order valence-electron chi connectivity index (χ3n) is 3.15. The first kappa shape index (κ1) is 18.9. The van der Waals surface area contributed by atoms with Crippen LogP contribution in [0.5, 0.6) is 0 Å². The van der Waals surface area contributed by atoms with E-state index in [9.17, 15) is 14.2 Å². The zero-order valence-corrected chi connectivity index (χ0v) is 13.5. The minimum absolute atomic E-state index is 0.0749. The third-order valence-corrected chi connectivity index (χ3v) is 3.60. The van der Waals surface area contributed by atoms with Crippen molar-refractivity contribution in [1.82, 2.24) is 4.90 Å². The highest BCUT2D eigenvalue weighted by Crippen LogP contribution is 2.35. The Balaban J connectivity index is 2.48. The van der Waals surface area contributed by atoms with Crippen LogP contribution < -0.4 is 0 Å². The third kappa shape index (κ3) is 6.74. The first-order chi connectivity index (χ1) is 10.2. The maximum atomic E-state index is 11.9. The monoisotopic (exact) mass is 339 g/mol. The fourth-order valence-corrected chi connectivity index (χ4v) is 2.18. The smallest absolute Gasteiger partial charge is 0.463 e. The molecule has 1 aliphatic rings. The molecule has 0 aromatic rings. The van der Waals surface area contributed by atoms with Crippen molar-refractivity contribution in [2.75, 3.05) is 19.9 Å². The summed E-state index contributed by atoms with van der Waals surface area (Å²) in [6.07, 6.45) is 1.59. The SMILES string of the molecule is CC(C)C(=O)OCC1CCCCN1C(=O)OCOP(=O)(O)O.